The lowest BCUT2D eigenvalue weighted by molar-refractivity contribution is -0.122. The number of carbonyl (C=O) groups excluding carboxylic acids is 1. The fraction of sp³-hybridized carbons (Fsp3) is 0.714. The van der Waals surface area contributed by atoms with Crippen molar-refractivity contribution in [1.29, 1.82) is 0 Å². The van der Waals surface area contributed by atoms with Crippen molar-refractivity contribution in [2.45, 2.75) is 46.2 Å². The summed E-state index contributed by atoms with van der Waals surface area (Å²) in [5.74, 6) is 0.586. The van der Waals surface area contributed by atoms with Gasteiger partial charge in [-0.3, -0.25) is 9.48 Å². The maximum atomic E-state index is 12.0. The van der Waals surface area contributed by atoms with E-state index in [1.54, 1.807) is 4.68 Å². The van der Waals surface area contributed by atoms with E-state index in [1.807, 2.05) is 19.9 Å². The van der Waals surface area contributed by atoms with Gasteiger partial charge in [0.1, 0.15) is 6.54 Å². The highest BCUT2D eigenvalue weighted by Gasteiger charge is 2.21. The Kier molecular flexibility index (Phi) is 8.94. The van der Waals surface area contributed by atoms with E-state index in [-0.39, 0.29) is 36.8 Å². The van der Waals surface area contributed by atoms with E-state index in [2.05, 4.69) is 22.7 Å². The summed E-state index contributed by atoms with van der Waals surface area (Å²) in [6.07, 6.45) is 2.39. The molecule has 1 aromatic rings. The maximum Gasteiger partial charge on any atom is 0.241 e. The second-order valence-corrected chi connectivity index (χ2v) is 5.55. The molecule has 2 unspecified atom stereocenters. The molecule has 0 aromatic carbocycles. The molecule has 1 fully saturated rings. The largest absolute Gasteiger partial charge is 0.352 e. The Bertz CT molecular complexity index is 444. The quantitative estimate of drug-likeness (QED) is 0.882. The number of amides is 1. The molecule has 122 valence electrons. The number of hydrogen-bond donors (Lipinski definition) is 2. The van der Waals surface area contributed by atoms with Gasteiger partial charge >= 0.3 is 0 Å². The van der Waals surface area contributed by atoms with E-state index in [0.29, 0.717) is 12.5 Å². The second kappa shape index (κ2) is 9.28. The van der Waals surface area contributed by atoms with E-state index in [4.69, 9.17) is 0 Å². The van der Waals surface area contributed by atoms with Crippen molar-refractivity contribution in [2.24, 2.45) is 5.92 Å². The predicted octanol–water partition coefficient (Wildman–Crippen LogP) is 1.85. The van der Waals surface area contributed by atoms with Crippen molar-refractivity contribution in [3.05, 3.63) is 17.5 Å². The zero-order valence-corrected chi connectivity index (χ0v) is 14.5. The highest BCUT2D eigenvalue weighted by Crippen LogP contribution is 2.14. The van der Waals surface area contributed by atoms with Crippen molar-refractivity contribution in [3.63, 3.8) is 0 Å². The molecule has 0 aliphatic carbocycles. The highest BCUT2D eigenvalue weighted by atomic mass is 35.5. The van der Waals surface area contributed by atoms with Gasteiger partial charge in [0.2, 0.25) is 5.91 Å². The lowest BCUT2D eigenvalue weighted by Gasteiger charge is -2.29. The maximum absolute atomic E-state index is 12.0. The first-order chi connectivity index (χ1) is 9.06. The van der Waals surface area contributed by atoms with Crippen LogP contribution in [0.25, 0.3) is 0 Å². The van der Waals surface area contributed by atoms with Crippen LogP contribution in [0.2, 0.25) is 0 Å². The minimum absolute atomic E-state index is 0. The number of nitrogens with zero attached hydrogens (tertiary/aromatic N) is 2. The minimum atomic E-state index is 0. The Morgan fingerprint density at radius 3 is 2.76 bits per heavy atom. The molecule has 2 rings (SSSR count). The number of hydrogen-bond acceptors (Lipinski definition) is 3. The Balaban J connectivity index is 0.00000200. The molecule has 0 spiro atoms. The van der Waals surface area contributed by atoms with Crippen molar-refractivity contribution in [3.8, 4) is 0 Å². The van der Waals surface area contributed by atoms with Gasteiger partial charge in [0, 0.05) is 11.7 Å². The summed E-state index contributed by atoms with van der Waals surface area (Å²) < 4.78 is 1.76. The van der Waals surface area contributed by atoms with Gasteiger partial charge in [-0.1, -0.05) is 0 Å². The van der Waals surface area contributed by atoms with Gasteiger partial charge in [-0.2, -0.15) is 5.10 Å². The first-order valence-electron chi connectivity index (χ1n) is 7.07. The monoisotopic (exact) mass is 336 g/mol. The topological polar surface area (TPSA) is 59.0 Å². The molecule has 21 heavy (non-hydrogen) atoms. The number of aromatic nitrogens is 2. The van der Waals surface area contributed by atoms with E-state index >= 15 is 0 Å². The zero-order chi connectivity index (χ0) is 13.8. The summed E-state index contributed by atoms with van der Waals surface area (Å²) in [5, 5.41) is 10.8. The number of nitrogens with one attached hydrogen (secondary N) is 2. The first-order valence-corrected chi connectivity index (χ1v) is 7.07. The molecule has 0 bridgehead atoms. The number of rotatable bonds is 4. The Hall–Kier alpha value is -0.780. The van der Waals surface area contributed by atoms with Gasteiger partial charge in [-0.25, -0.2) is 0 Å². The Labute approximate surface area is 139 Å². The van der Waals surface area contributed by atoms with E-state index in [0.717, 1.165) is 24.5 Å². The van der Waals surface area contributed by atoms with Crippen LogP contribution < -0.4 is 10.6 Å². The molecule has 1 aliphatic rings. The van der Waals surface area contributed by atoms with Crippen LogP contribution in [0.15, 0.2) is 6.07 Å². The van der Waals surface area contributed by atoms with Gasteiger partial charge < -0.3 is 10.6 Å². The normalized spacial score (nSPS) is 19.1. The van der Waals surface area contributed by atoms with Gasteiger partial charge in [-0.05, 0) is 58.7 Å². The van der Waals surface area contributed by atoms with E-state index in [9.17, 15) is 4.79 Å². The molecule has 1 amide bonds. The molecule has 5 nitrogen and oxygen atoms in total. The summed E-state index contributed by atoms with van der Waals surface area (Å²) >= 11 is 0. The molecule has 1 saturated heterocycles. The van der Waals surface area contributed by atoms with Crippen LogP contribution >= 0.6 is 24.8 Å². The third-order valence-corrected chi connectivity index (χ3v) is 3.83. The zero-order valence-electron chi connectivity index (χ0n) is 12.9. The second-order valence-electron chi connectivity index (χ2n) is 5.55. The predicted molar refractivity (Wildman–Crippen MR) is 89.4 cm³/mol. The van der Waals surface area contributed by atoms with Crippen LogP contribution in [0.5, 0.6) is 0 Å². The lowest BCUT2D eigenvalue weighted by Crippen LogP contribution is -2.45. The number of carbonyl (C=O) groups is 1. The molecule has 2 atom stereocenters. The number of aryl methyl sites for hydroxylation is 2. The SMILES string of the molecule is Cc1cc(C)n(CC(=O)NC(C)C2CCCNC2)n1.Cl.Cl. The molecular weight excluding hydrogens is 311 g/mol. The third kappa shape index (κ3) is 5.85. The molecule has 1 aliphatic heterocycles. The average molecular weight is 337 g/mol. The summed E-state index contributed by atoms with van der Waals surface area (Å²) in [6, 6.07) is 2.21. The Morgan fingerprint density at radius 2 is 2.24 bits per heavy atom. The van der Waals surface area contributed by atoms with Crippen LogP contribution in [0, 0.1) is 19.8 Å². The van der Waals surface area contributed by atoms with Crippen LogP contribution in [-0.4, -0.2) is 34.8 Å². The molecule has 0 saturated carbocycles. The van der Waals surface area contributed by atoms with Crippen LogP contribution in [0.4, 0.5) is 0 Å². The highest BCUT2D eigenvalue weighted by molar-refractivity contribution is 5.85. The van der Waals surface area contributed by atoms with Crippen LogP contribution in [0.3, 0.4) is 0 Å². The van der Waals surface area contributed by atoms with Crippen LogP contribution in [0.1, 0.15) is 31.2 Å². The van der Waals surface area contributed by atoms with Crippen molar-refractivity contribution in [2.75, 3.05) is 13.1 Å². The van der Waals surface area contributed by atoms with Gasteiger partial charge in [0.15, 0.2) is 0 Å². The van der Waals surface area contributed by atoms with Gasteiger partial charge in [0.05, 0.1) is 5.69 Å². The Morgan fingerprint density at radius 1 is 1.52 bits per heavy atom. The fourth-order valence-corrected chi connectivity index (χ4v) is 2.69. The van der Waals surface area contributed by atoms with Crippen molar-refractivity contribution < 1.29 is 4.79 Å². The van der Waals surface area contributed by atoms with E-state index in [1.165, 1.54) is 12.8 Å². The first kappa shape index (κ1) is 20.2. The number of piperidine rings is 1. The molecule has 2 N–H and O–H groups in total. The standard InChI is InChI=1S/C14H24N4O.2ClH/c1-10-7-11(2)18(17-10)9-14(19)16-12(3)13-5-4-6-15-8-13;;/h7,12-13,15H,4-6,8-9H2,1-3H3,(H,16,19);2*1H. The minimum Gasteiger partial charge on any atom is -0.352 e. The van der Waals surface area contributed by atoms with Gasteiger partial charge in [0.25, 0.3) is 0 Å². The smallest absolute Gasteiger partial charge is 0.241 e. The molecule has 0 radical (unpaired) electrons. The van der Waals surface area contributed by atoms with Crippen molar-refractivity contribution in [1.82, 2.24) is 20.4 Å². The van der Waals surface area contributed by atoms with E-state index < -0.39 is 0 Å². The van der Waals surface area contributed by atoms with Gasteiger partial charge in [-0.15, -0.1) is 24.8 Å². The molecule has 2 heterocycles. The molecule has 7 heteroatoms. The summed E-state index contributed by atoms with van der Waals surface area (Å²) in [5.41, 5.74) is 1.98. The van der Waals surface area contributed by atoms with Crippen LogP contribution in [-0.2, 0) is 11.3 Å². The summed E-state index contributed by atoms with van der Waals surface area (Å²) in [6.45, 7) is 8.42. The average Bonchev–Trinajstić information content (AvgIpc) is 2.68. The third-order valence-electron chi connectivity index (χ3n) is 3.83. The number of halogens is 2. The molecular formula is C14H26Cl2N4O. The lowest BCUT2D eigenvalue weighted by atomic mass is 9.93. The summed E-state index contributed by atoms with van der Waals surface area (Å²) in [7, 11) is 0. The molecule has 1 aromatic heterocycles. The van der Waals surface area contributed by atoms with Crippen molar-refractivity contribution >= 4 is 30.7 Å². The fourth-order valence-electron chi connectivity index (χ4n) is 2.69. The summed E-state index contributed by atoms with van der Waals surface area (Å²) in [4.78, 5) is 12.0.